The van der Waals surface area contributed by atoms with E-state index >= 15 is 0 Å². The van der Waals surface area contributed by atoms with Gasteiger partial charge in [0.2, 0.25) is 0 Å². The van der Waals surface area contributed by atoms with Crippen molar-refractivity contribution in [3.05, 3.63) is 0 Å². The van der Waals surface area contributed by atoms with Crippen LogP contribution in [0.1, 0.15) is 6.42 Å². The third-order valence-electron chi connectivity index (χ3n) is 1.85. The van der Waals surface area contributed by atoms with Gasteiger partial charge >= 0.3 is 0 Å². The summed E-state index contributed by atoms with van der Waals surface area (Å²) in [6.07, 6.45) is 2.07. The van der Waals surface area contributed by atoms with Crippen molar-refractivity contribution in [2.45, 2.75) is 12.5 Å². The fraction of sp³-hybridized carbons (Fsp3) is 1.00. The van der Waals surface area contributed by atoms with Crippen LogP contribution in [0.4, 0.5) is 0 Å². The summed E-state index contributed by atoms with van der Waals surface area (Å²) in [7, 11) is 0. The lowest BCUT2D eigenvalue weighted by Crippen LogP contribution is -2.05. The number of ether oxygens (including phenoxy) is 1. The molecule has 0 N–H and O–H groups in total. The summed E-state index contributed by atoms with van der Waals surface area (Å²) in [5.74, 6) is 3.63. The van der Waals surface area contributed by atoms with Crippen molar-refractivity contribution in [3.8, 4) is 0 Å². The largest absolute Gasteiger partial charge is 0.373 e. The molecule has 1 unspecified atom stereocenters. The zero-order valence-electron chi connectivity index (χ0n) is 4.80. The Labute approximate surface area is 53.8 Å². The van der Waals surface area contributed by atoms with Crippen molar-refractivity contribution in [2.75, 3.05) is 18.1 Å². The van der Waals surface area contributed by atoms with Gasteiger partial charge in [0.05, 0.1) is 12.7 Å². The van der Waals surface area contributed by atoms with Crippen LogP contribution >= 0.6 is 11.8 Å². The highest BCUT2D eigenvalue weighted by Gasteiger charge is 2.34. The SMILES string of the molecule is C1CC([C@@H]2CO2)CS1. The first-order valence-corrected chi connectivity index (χ1v) is 4.31. The summed E-state index contributed by atoms with van der Waals surface area (Å²) < 4.78 is 5.18. The maximum Gasteiger partial charge on any atom is 0.0846 e. The third-order valence-corrected chi connectivity index (χ3v) is 3.04. The fourth-order valence-electron chi connectivity index (χ4n) is 1.17. The summed E-state index contributed by atoms with van der Waals surface area (Å²) in [4.78, 5) is 0. The molecule has 0 amide bonds. The average molecular weight is 130 g/mol. The Kier molecular flexibility index (Phi) is 1.23. The van der Waals surface area contributed by atoms with Crippen molar-refractivity contribution in [1.29, 1.82) is 0 Å². The topological polar surface area (TPSA) is 12.5 Å². The Morgan fingerprint density at radius 2 is 2.38 bits per heavy atom. The second-order valence-electron chi connectivity index (χ2n) is 2.50. The molecule has 8 heavy (non-hydrogen) atoms. The number of hydrogen-bond donors (Lipinski definition) is 0. The normalized spacial score (nSPS) is 45.0. The first-order chi connectivity index (χ1) is 3.97. The van der Waals surface area contributed by atoms with E-state index in [0.717, 1.165) is 12.5 Å². The van der Waals surface area contributed by atoms with Crippen molar-refractivity contribution in [3.63, 3.8) is 0 Å². The van der Waals surface area contributed by atoms with Crippen LogP contribution < -0.4 is 0 Å². The van der Waals surface area contributed by atoms with E-state index in [0.29, 0.717) is 6.10 Å². The predicted molar refractivity (Wildman–Crippen MR) is 35.2 cm³/mol. The van der Waals surface area contributed by atoms with Gasteiger partial charge in [-0.05, 0) is 23.8 Å². The second kappa shape index (κ2) is 1.92. The fourth-order valence-corrected chi connectivity index (χ4v) is 2.49. The number of thioether (sulfide) groups is 1. The van der Waals surface area contributed by atoms with Crippen LogP contribution in [0.15, 0.2) is 0 Å². The maximum absolute atomic E-state index is 5.18. The molecule has 2 rings (SSSR count). The Balaban J connectivity index is 1.86. The Hall–Kier alpha value is 0.310. The zero-order valence-corrected chi connectivity index (χ0v) is 5.62. The highest BCUT2D eigenvalue weighted by Crippen LogP contribution is 2.32. The molecule has 1 nitrogen and oxygen atoms in total. The molecule has 2 heteroatoms. The summed E-state index contributed by atoms with van der Waals surface area (Å²) in [6, 6.07) is 0. The first-order valence-electron chi connectivity index (χ1n) is 3.16. The molecule has 0 bridgehead atoms. The van der Waals surface area contributed by atoms with Gasteiger partial charge in [0.15, 0.2) is 0 Å². The van der Waals surface area contributed by atoms with E-state index < -0.39 is 0 Å². The Bertz CT molecular complexity index is 84.5. The van der Waals surface area contributed by atoms with Crippen LogP contribution in [0, 0.1) is 5.92 Å². The van der Waals surface area contributed by atoms with Crippen molar-refractivity contribution < 1.29 is 4.74 Å². The lowest BCUT2D eigenvalue weighted by Gasteiger charge is -1.98. The molecule has 2 atom stereocenters. The Morgan fingerprint density at radius 1 is 1.50 bits per heavy atom. The molecule has 2 fully saturated rings. The molecule has 0 aromatic carbocycles. The number of hydrogen-bond acceptors (Lipinski definition) is 2. The van der Waals surface area contributed by atoms with Crippen LogP contribution in [0.3, 0.4) is 0 Å². The van der Waals surface area contributed by atoms with Gasteiger partial charge in [-0.25, -0.2) is 0 Å². The Morgan fingerprint density at radius 3 is 2.88 bits per heavy atom. The molecule has 2 aliphatic heterocycles. The average Bonchev–Trinajstić information content (AvgIpc) is 2.49. The molecule has 0 aliphatic carbocycles. The minimum Gasteiger partial charge on any atom is -0.373 e. The van der Waals surface area contributed by atoms with Crippen LogP contribution in [-0.2, 0) is 4.74 Å². The van der Waals surface area contributed by atoms with Crippen LogP contribution in [0.2, 0.25) is 0 Å². The monoisotopic (exact) mass is 130 g/mol. The molecule has 0 radical (unpaired) electrons. The number of epoxide rings is 1. The lowest BCUT2D eigenvalue weighted by molar-refractivity contribution is 0.346. The van der Waals surface area contributed by atoms with Crippen molar-refractivity contribution >= 4 is 11.8 Å². The van der Waals surface area contributed by atoms with Gasteiger partial charge < -0.3 is 4.74 Å². The molecule has 2 saturated heterocycles. The second-order valence-corrected chi connectivity index (χ2v) is 3.65. The predicted octanol–water partition coefficient (Wildman–Crippen LogP) is 1.14. The van der Waals surface area contributed by atoms with E-state index in [1.807, 2.05) is 0 Å². The van der Waals surface area contributed by atoms with Gasteiger partial charge in [0.1, 0.15) is 0 Å². The van der Waals surface area contributed by atoms with Gasteiger partial charge in [0, 0.05) is 0 Å². The molecule has 0 spiro atoms. The third kappa shape index (κ3) is 0.869. The van der Waals surface area contributed by atoms with Gasteiger partial charge in [-0.3, -0.25) is 0 Å². The van der Waals surface area contributed by atoms with E-state index in [1.165, 1.54) is 17.9 Å². The quantitative estimate of drug-likeness (QED) is 0.493. The van der Waals surface area contributed by atoms with Crippen molar-refractivity contribution in [1.82, 2.24) is 0 Å². The van der Waals surface area contributed by atoms with E-state index in [2.05, 4.69) is 11.8 Å². The molecular formula is C6H10OS. The minimum atomic E-state index is 0.671. The summed E-state index contributed by atoms with van der Waals surface area (Å²) in [6.45, 7) is 1.05. The van der Waals surface area contributed by atoms with E-state index in [4.69, 9.17) is 4.74 Å². The molecule has 0 aromatic heterocycles. The maximum atomic E-state index is 5.18. The summed E-state index contributed by atoms with van der Waals surface area (Å²) in [5.41, 5.74) is 0. The van der Waals surface area contributed by atoms with Crippen molar-refractivity contribution in [2.24, 2.45) is 5.92 Å². The smallest absolute Gasteiger partial charge is 0.0846 e. The van der Waals surface area contributed by atoms with Gasteiger partial charge in [0.25, 0.3) is 0 Å². The van der Waals surface area contributed by atoms with E-state index in [9.17, 15) is 0 Å². The molecule has 46 valence electrons. The van der Waals surface area contributed by atoms with Crippen LogP contribution in [0.5, 0.6) is 0 Å². The molecule has 2 heterocycles. The first kappa shape index (κ1) is 5.12. The van der Waals surface area contributed by atoms with Gasteiger partial charge in [-0.1, -0.05) is 0 Å². The standard InChI is InChI=1S/C6H10OS/c1-2-8-4-5(1)6-3-7-6/h5-6H,1-4H2/t5?,6-/m0/s1. The van der Waals surface area contributed by atoms with Crippen LogP contribution in [0.25, 0.3) is 0 Å². The van der Waals surface area contributed by atoms with E-state index in [1.54, 1.807) is 0 Å². The molecule has 2 aliphatic rings. The van der Waals surface area contributed by atoms with E-state index in [-0.39, 0.29) is 0 Å². The summed E-state index contributed by atoms with van der Waals surface area (Å²) in [5, 5.41) is 0. The lowest BCUT2D eigenvalue weighted by atomic mass is 10.1. The summed E-state index contributed by atoms with van der Waals surface area (Å²) >= 11 is 2.07. The van der Waals surface area contributed by atoms with Gasteiger partial charge in [-0.15, -0.1) is 0 Å². The molecular weight excluding hydrogens is 120 g/mol. The number of rotatable bonds is 1. The molecule has 0 aromatic rings. The molecule has 0 saturated carbocycles. The minimum absolute atomic E-state index is 0.671. The van der Waals surface area contributed by atoms with Crippen LogP contribution in [-0.4, -0.2) is 24.2 Å². The van der Waals surface area contributed by atoms with Gasteiger partial charge in [-0.2, -0.15) is 11.8 Å². The highest BCUT2D eigenvalue weighted by atomic mass is 32.2. The zero-order chi connectivity index (χ0) is 5.40. The highest BCUT2D eigenvalue weighted by molar-refractivity contribution is 7.99.